The van der Waals surface area contributed by atoms with E-state index in [2.05, 4.69) is 37.1 Å². The summed E-state index contributed by atoms with van der Waals surface area (Å²) < 4.78 is 18.9. The van der Waals surface area contributed by atoms with Crippen LogP contribution in [0.1, 0.15) is 25.2 Å². The molecule has 33 heavy (non-hydrogen) atoms. The van der Waals surface area contributed by atoms with Gasteiger partial charge in [-0.3, -0.25) is 13.8 Å². The van der Waals surface area contributed by atoms with Crippen LogP contribution in [-0.4, -0.2) is 44.1 Å². The van der Waals surface area contributed by atoms with Gasteiger partial charge < -0.3 is 4.90 Å². The third-order valence-corrected chi connectivity index (χ3v) is 5.72. The molecule has 6 rings (SSSR count). The molecule has 1 aromatic carbocycles. The lowest BCUT2D eigenvalue weighted by Gasteiger charge is -2.35. The molecular formula is C22H19FN10. The Kier molecular flexibility index (Phi) is 4.28. The molecule has 0 spiro atoms. The fourth-order valence-corrected chi connectivity index (χ4v) is 4.22. The average Bonchev–Trinajstić information content (AvgIpc) is 3.59. The first-order valence-electron chi connectivity index (χ1n) is 10.5. The number of fused-ring (bicyclic) bond motifs is 3. The van der Waals surface area contributed by atoms with E-state index >= 15 is 0 Å². The molecule has 1 atom stereocenters. The Morgan fingerprint density at radius 2 is 1.91 bits per heavy atom. The molecule has 11 heteroatoms. The molecular weight excluding hydrogens is 423 g/mol. The van der Waals surface area contributed by atoms with Crippen LogP contribution < -0.4 is 4.90 Å². The topological polar surface area (TPSA) is 95.4 Å². The number of aryl methyl sites for hydroxylation is 1. The van der Waals surface area contributed by atoms with Crippen LogP contribution in [-0.2, 0) is 7.05 Å². The van der Waals surface area contributed by atoms with Crippen molar-refractivity contribution in [3.05, 3.63) is 73.2 Å². The van der Waals surface area contributed by atoms with Crippen LogP contribution in [0.3, 0.4) is 0 Å². The number of aromatic nitrogens is 9. The van der Waals surface area contributed by atoms with Crippen molar-refractivity contribution >= 4 is 11.5 Å². The summed E-state index contributed by atoms with van der Waals surface area (Å²) in [6, 6.07) is 6.11. The van der Waals surface area contributed by atoms with E-state index in [-0.39, 0.29) is 11.9 Å². The lowest BCUT2D eigenvalue weighted by Crippen LogP contribution is -2.32. The summed E-state index contributed by atoms with van der Waals surface area (Å²) in [6.07, 6.45) is 11.4. The minimum atomic E-state index is -0.302. The molecule has 5 heterocycles. The van der Waals surface area contributed by atoms with Crippen LogP contribution in [0.5, 0.6) is 0 Å². The predicted octanol–water partition coefficient (Wildman–Crippen LogP) is 3.39. The SMILES string of the molecule is CC[C@H]1c2nncn2-c2cnc(-n3ccnc3-c3ccc(F)cc3)nc2N1c1cnn(C)c1. The van der Waals surface area contributed by atoms with Gasteiger partial charge in [0.25, 0.3) is 0 Å². The smallest absolute Gasteiger partial charge is 0.237 e. The standard InChI is InChI=1S/C22H19FN10/c1-3-17-21-29-26-13-32(21)18-11-25-22(28-20(18)33(17)16-10-27-30(2)12-16)31-9-8-24-19(31)14-4-6-15(23)7-5-14/h4-13,17H,3H2,1-2H3/t17-/m0/s1. The number of nitrogens with zero attached hydrogens (tertiary/aromatic N) is 10. The van der Waals surface area contributed by atoms with E-state index in [0.29, 0.717) is 17.6 Å². The van der Waals surface area contributed by atoms with Gasteiger partial charge in [-0.15, -0.1) is 10.2 Å². The number of anilines is 2. The van der Waals surface area contributed by atoms with Crippen molar-refractivity contribution in [2.24, 2.45) is 7.05 Å². The van der Waals surface area contributed by atoms with Crippen molar-refractivity contribution in [2.45, 2.75) is 19.4 Å². The maximum Gasteiger partial charge on any atom is 0.237 e. The maximum atomic E-state index is 13.4. The second-order valence-corrected chi connectivity index (χ2v) is 7.73. The van der Waals surface area contributed by atoms with Crippen molar-refractivity contribution in [3.63, 3.8) is 0 Å². The van der Waals surface area contributed by atoms with Crippen LogP contribution in [0.4, 0.5) is 15.9 Å². The van der Waals surface area contributed by atoms with Gasteiger partial charge in [0, 0.05) is 31.2 Å². The lowest BCUT2D eigenvalue weighted by atomic mass is 10.1. The average molecular weight is 442 g/mol. The molecule has 164 valence electrons. The first-order valence-corrected chi connectivity index (χ1v) is 10.5. The van der Waals surface area contributed by atoms with Crippen molar-refractivity contribution < 1.29 is 4.39 Å². The first-order chi connectivity index (χ1) is 16.1. The summed E-state index contributed by atoms with van der Waals surface area (Å²) in [6.45, 7) is 2.10. The highest BCUT2D eigenvalue weighted by atomic mass is 19.1. The molecule has 0 aliphatic carbocycles. The largest absolute Gasteiger partial charge is 0.311 e. The Hall–Kier alpha value is -4.41. The molecule has 4 aromatic heterocycles. The van der Waals surface area contributed by atoms with E-state index < -0.39 is 0 Å². The van der Waals surface area contributed by atoms with Gasteiger partial charge in [0.05, 0.1) is 24.1 Å². The minimum absolute atomic E-state index is 0.0775. The molecule has 0 fully saturated rings. The van der Waals surface area contributed by atoms with Gasteiger partial charge in [-0.1, -0.05) is 6.92 Å². The molecule has 0 saturated heterocycles. The zero-order chi connectivity index (χ0) is 22.5. The first kappa shape index (κ1) is 19.3. The van der Waals surface area contributed by atoms with E-state index in [0.717, 1.165) is 29.2 Å². The van der Waals surface area contributed by atoms with E-state index in [1.165, 1.54) is 12.1 Å². The van der Waals surface area contributed by atoms with Crippen LogP contribution in [0.25, 0.3) is 23.0 Å². The van der Waals surface area contributed by atoms with Crippen LogP contribution in [0.15, 0.2) is 61.6 Å². The van der Waals surface area contributed by atoms with Gasteiger partial charge >= 0.3 is 0 Å². The van der Waals surface area contributed by atoms with Gasteiger partial charge in [-0.25, -0.2) is 14.4 Å². The second kappa shape index (κ2) is 7.33. The zero-order valence-corrected chi connectivity index (χ0v) is 17.9. The molecule has 1 aliphatic heterocycles. The molecule has 0 saturated carbocycles. The lowest BCUT2D eigenvalue weighted by molar-refractivity contribution is 0.588. The Labute approximate surface area is 188 Å². The monoisotopic (exact) mass is 442 g/mol. The number of imidazole rings is 1. The molecule has 0 radical (unpaired) electrons. The second-order valence-electron chi connectivity index (χ2n) is 7.73. The summed E-state index contributed by atoms with van der Waals surface area (Å²) in [7, 11) is 1.88. The number of hydrogen-bond donors (Lipinski definition) is 0. The predicted molar refractivity (Wildman–Crippen MR) is 118 cm³/mol. The molecule has 5 aromatic rings. The Morgan fingerprint density at radius 1 is 1.06 bits per heavy atom. The Morgan fingerprint density at radius 3 is 2.67 bits per heavy atom. The van der Waals surface area contributed by atoms with Crippen LogP contribution >= 0.6 is 0 Å². The normalized spacial score (nSPS) is 14.9. The van der Waals surface area contributed by atoms with Crippen LogP contribution in [0.2, 0.25) is 0 Å². The number of benzene rings is 1. The fraction of sp³-hybridized carbons (Fsp3) is 0.182. The molecule has 0 unspecified atom stereocenters. The quantitative estimate of drug-likeness (QED) is 0.421. The number of hydrogen-bond acceptors (Lipinski definition) is 7. The molecule has 10 nitrogen and oxygen atoms in total. The summed E-state index contributed by atoms with van der Waals surface area (Å²) in [5.74, 6) is 2.30. The van der Waals surface area contributed by atoms with Crippen molar-refractivity contribution in [1.82, 2.24) is 44.1 Å². The summed E-state index contributed by atoms with van der Waals surface area (Å²) in [5.41, 5.74) is 2.43. The highest BCUT2D eigenvalue weighted by Crippen LogP contribution is 2.42. The van der Waals surface area contributed by atoms with E-state index in [4.69, 9.17) is 4.98 Å². The summed E-state index contributed by atoms with van der Waals surface area (Å²) >= 11 is 0. The number of halogens is 1. The van der Waals surface area contributed by atoms with Gasteiger partial charge in [0.15, 0.2) is 11.6 Å². The van der Waals surface area contributed by atoms with Gasteiger partial charge in [0.1, 0.15) is 23.7 Å². The molecule has 0 N–H and O–H groups in total. The van der Waals surface area contributed by atoms with E-state index in [1.807, 2.05) is 17.8 Å². The summed E-state index contributed by atoms with van der Waals surface area (Å²) in [4.78, 5) is 16.1. The Bertz CT molecular complexity index is 1450. The zero-order valence-electron chi connectivity index (χ0n) is 17.9. The fourth-order valence-electron chi connectivity index (χ4n) is 4.22. The minimum Gasteiger partial charge on any atom is -0.311 e. The van der Waals surface area contributed by atoms with Crippen LogP contribution in [0, 0.1) is 5.82 Å². The van der Waals surface area contributed by atoms with E-state index in [9.17, 15) is 4.39 Å². The van der Waals surface area contributed by atoms with Crippen molar-refractivity contribution in [2.75, 3.05) is 4.90 Å². The Balaban J connectivity index is 1.54. The maximum absolute atomic E-state index is 13.4. The van der Waals surface area contributed by atoms with Gasteiger partial charge in [0.2, 0.25) is 5.95 Å². The highest BCUT2D eigenvalue weighted by molar-refractivity contribution is 5.71. The van der Waals surface area contributed by atoms with E-state index in [1.54, 1.807) is 52.5 Å². The van der Waals surface area contributed by atoms with Gasteiger partial charge in [-0.05, 0) is 30.7 Å². The summed E-state index contributed by atoms with van der Waals surface area (Å²) in [5, 5.41) is 12.9. The van der Waals surface area contributed by atoms with Gasteiger partial charge in [-0.2, -0.15) is 10.1 Å². The van der Waals surface area contributed by atoms with Crippen molar-refractivity contribution in [1.29, 1.82) is 0 Å². The van der Waals surface area contributed by atoms with Crippen molar-refractivity contribution in [3.8, 4) is 23.0 Å². The number of rotatable bonds is 4. The third-order valence-electron chi connectivity index (χ3n) is 5.72. The highest BCUT2D eigenvalue weighted by Gasteiger charge is 2.35. The molecule has 0 bridgehead atoms. The molecule has 0 amide bonds. The molecule has 1 aliphatic rings. The third kappa shape index (κ3) is 3.00.